The molecule has 1 heteroatoms. The number of nitrogens with one attached hydrogen (secondary N) is 1. The fraction of sp³-hybridized carbons (Fsp3) is 0.529. The van der Waals surface area contributed by atoms with Gasteiger partial charge < -0.3 is 5.32 Å². The molecular weight excluding hydrogens is 218 g/mol. The second-order valence-electron chi connectivity index (χ2n) is 5.42. The van der Waals surface area contributed by atoms with E-state index in [4.69, 9.17) is 0 Å². The van der Waals surface area contributed by atoms with E-state index in [-0.39, 0.29) is 0 Å². The van der Waals surface area contributed by atoms with Gasteiger partial charge in [-0.25, -0.2) is 0 Å². The highest BCUT2D eigenvalue weighted by atomic mass is 14.9. The van der Waals surface area contributed by atoms with E-state index in [1.54, 1.807) is 0 Å². The van der Waals surface area contributed by atoms with Gasteiger partial charge in [0.15, 0.2) is 0 Å². The zero-order valence-corrected chi connectivity index (χ0v) is 11.7. The molecule has 98 valence electrons. The minimum absolute atomic E-state index is 0.431. The molecule has 2 unspecified atom stereocenters. The van der Waals surface area contributed by atoms with Crippen molar-refractivity contribution in [3.63, 3.8) is 0 Å². The Morgan fingerprint density at radius 1 is 1.17 bits per heavy atom. The van der Waals surface area contributed by atoms with Crippen LogP contribution in [0.5, 0.6) is 0 Å². The summed E-state index contributed by atoms with van der Waals surface area (Å²) < 4.78 is 0. The Bertz CT molecular complexity index is 394. The molecule has 1 aliphatic rings. The second kappa shape index (κ2) is 6.75. The van der Waals surface area contributed by atoms with Crippen molar-refractivity contribution in [3.05, 3.63) is 47.5 Å². The number of rotatable bonds is 3. The van der Waals surface area contributed by atoms with E-state index in [0.717, 1.165) is 0 Å². The zero-order valence-electron chi connectivity index (χ0n) is 11.7. The molecule has 0 spiro atoms. The molecular formula is C17H25N. The van der Waals surface area contributed by atoms with Gasteiger partial charge in [-0.05, 0) is 44.2 Å². The average molecular weight is 243 g/mol. The van der Waals surface area contributed by atoms with Gasteiger partial charge >= 0.3 is 0 Å². The lowest BCUT2D eigenvalue weighted by Gasteiger charge is -2.23. The van der Waals surface area contributed by atoms with Crippen molar-refractivity contribution in [2.75, 3.05) is 0 Å². The van der Waals surface area contributed by atoms with E-state index in [2.05, 4.69) is 55.6 Å². The Morgan fingerprint density at radius 3 is 2.83 bits per heavy atom. The molecule has 2 rings (SSSR count). The van der Waals surface area contributed by atoms with Crippen LogP contribution in [-0.4, -0.2) is 6.04 Å². The Morgan fingerprint density at radius 2 is 2.00 bits per heavy atom. The van der Waals surface area contributed by atoms with Crippen molar-refractivity contribution in [1.82, 2.24) is 5.32 Å². The number of allylic oxidation sites excluding steroid dienone is 1. The summed E-state index contributed by atoms with van der Waals surface area (Å²) in [6.07, 6.45) is 11.3. The van der Waals surface area contributed by atoms with Crippen molar-refractivity contribution in [2.45, 2.75) is 58.0 Å². The molecule has 0 fully saturated rings. The van der Waals surface area contributed by atoms with E-state index in [9.17, 15) is 0 Å². The number of benzene rings is 1. The van der Waals surface area contributed by atoms with Crippen molar-refractivity contribution in [3.8, 4) is 0 Å². The predicted molar refractivity (Wildman–Crippen MR) is 78.7 cm³/mol. The first-order valence-corrected chi connectivity index (χ1v) is 7.25. The molecule has 0 aliphatic heterocycles. The molecule has 2 atom stereocenters. The van der Waals surface area contributed by atoms with Gasteiger partial charge in [-0.1, -0.05) is 49.3 Å². The summed E-state index contributed by atoms with van der Waals surface area (Å²) in [7, 11) is 0. The van der Waals surface area contributed by atoms with Crippen LogP contribution in [0.15, 0.2) is 36.4 Å². The monoisotopic (exact) mass is 243 g/mol. The number of hydrogen-bond acceptors (Lipinski definition) is 1. The Labute approximate surface area is 111 Å². The van der Waals surface area contributed by atoms with E-state index >= 15 is 0 Å². The minimum Gasteiger partial charge on any atom is -0.304 e. The van der Waals surface area contributed by atoms with Crippen LogP contribution in [0.2, 0.25) is 0 Å². The van der Waals surface area contributed by atoms with Crippen LogP contribution in [0, 0.1) is 6.92 Å². The summed E-state index contributed by atoms with van der Waals surface area (Å²) in [5.41, 5.74) is 2.81. The summed E-state index contributed by atoms with van der Waals surface area (Å²) >= 11 is 0. The minimum atomic E-state index is 0.431. The third-order valence-corrected chi connectivity index (χ3v) is 3.87. The molecule has 0 radical (unpaired) electrons. The van der Waals surface area contributed by atoms with Crippen molar-refractivity contribution >= 4 is 0 Å². The topological polar surface area (TPSA) is 12.0 Å². The highest BCUT2D eigenvalue weighted by molar-refractivity contribution is 5.28. The summed E-state index contributed by atoms with van der Waals surface area (Å²) in [5.74, 6) is 0. The molecule has 0 amide bonds. The molecule has 18 heavy (non-hydrogen) atoms. The van der Waals surface area contributed by atoms with E-state index in [1.165, 1.54) is 43.2 Å². The fourth-order valence-electron chi connectivity index (χ4n) is 2.78. The van der Waals surface area contributed by atoms with Crippen LogP contribution in [0.3, 0.4) is 0 Å². The van der Waals surface area contributed by atoms with Gasteiger partial charge in [0.1, 0.15) is 0 Å². The molecule has 0 saturated carbocycles. The van der Waals surface area contributed by atoms with Gasteiger partial charge in [-0.2, -0.15) is 0 Å². The zero-order chi connectivity index (χ0) is 12.8. The van der Waals surface area contributed by atoms with E-state index in [0.29, 0.717) is 12.1 Å². The van der Waals surface area contributed by atoms with E-state index < -0.39 is 0 Å². The summed E-state index contributed by atoms with van der Waals surface area (Å²) in [5, 5.41) is 3.76. The smallest absolute Gasteiger partial charge is 0.0299 e. The highest BCUT2D eigenvalue weighted by Crippen LogP contribution is 2.19. The standard InChI is InChI=1S/C17H25N/c1-14-10-8-9-13-17(14)15(2)18-16-11-6-4-3-5-7-12-16/h6,8-11,13,15-16,18H,3-5,7,12H2,1-2H3/b11-6+. The second-order valence-corrected chi connectivity index (χ2v) is 5.42. The van der Waals surface area contributed by atoms with Crippen molar-refractivity contribution in [2.24, 2.45) is 0 Å². The lowest BCUT2D eigenvalue weighted by molar-refractivity contribution is 0.461. The van der Waals surface area contributed by atoms with Gasteiger partial charge in [0.25, 0.3) is 0 Å². The average Bonchev–Trinajstić information content (AvgIpc) is 2.33. The lowest BCUT2D eigenvalue weighted by Crippen LogP contribution is -2.30. The molecule has 1 nitrogen and oxygen atoms in total. The van der Waals surface area contributed by atoms with Gasteiger partial charge in [-0.15, -0.1) is 0 Å². The SMILES string of the molecule is Cc1ccccc1C(C)NC1/C=C/CCCCC1. The predicted octanol–water partition coefficient (Wildman–Crippen LogP) is 4.53. The normalized spacial score (nSPS) is 24.0. The Hall–Kier alpha value is -1.08. The molecule has 1 aromatic rings. The van der Waals surface area contributed by atoms with Gasteiger partial charge in [0.2, 0.25) is 0 Å². The Balaban J connectivity index is 1.99. The van der Waals surface area contributed by atoms with Crippen molar-refractivity contribution < 1.29 is 0 Å². The molecule has 1 aromatic carbocycles. The lowest BCUT2D eigenvalue weighted by atomic mass is 9.98. The molecule has 1 aliphatic carbocycles. The van der Waals surface area contributed by atoms with Gasteiger partial charge in [0, 0.05) is 12.1 Å². The van der Waals surface area contributed by atoms with Crippen LogP contribution < -0.4 is 5.32 Å². The van der Waals surface area contributed by atoms with Gasteiger partial charge in [0.05, 0.1) is 0 Å². The van der Waals surface area contributed by atoms with Crippen LogP contribution in [0.25, 0.3) is 0 Å². The van der Waals surface area contributed by atoms with Crippen LogP contribution in [0.4, 0.5) is 0 Å². The number of hydrogen-bond donors (Lipinski definition) is 1. The van der Waals surface area contributed by atoms with Crippen molar-refractivity contribution in [1.29, 1.82) is 0 Å². The fourth-order valence-corrected chi connectivity index (χ4v) is 2.78. The molecule has 1 N–H and O–H groups in total. The van der Waals surface area contributed by atoms with Crippen LogP contribution >= 0.6 is 0 Å². The maximum absolute atomic E-state index is 3.76. The highest BCUT2D eigenvalue weighted by Gasteiger charge is 2.13. The first-order valence-electron chi connectivity index (χ1n) is 7.25. The Kier molecular flexibility index (Phi) is 5.00. The summed E-state index contributed by atoms with van der Waals surface area (Å²) in [6.45, 7) is 4.47. The molecule has 0 heterocycles. The summed E-state index contributed by atoms with van der Waals surface area (Å²) in [4.78, 5) is 0. The first kappa shape index (κ1) is 13.4. The summed E-state index contributed by atoms with van der Waals surface area (Å²) in [6, 6.07) is 9.65. The molecule has 0 saturated heterocycles. The van der Waals surface area contributed by atoms with E-state index in [1.807, 2.05) is 0 Å². The maximum atomic E-state index is 3.76. The largest absolute Gasteiger partial charge is 0.304 e. The van der Waals surface area contributed by atoms with Crippen LogP contribution in [0.1, 0.15) is 56.2 Å². The quantitative estimate of drug-likeness (QED) is 0.769. The first-order chi connectivity index (χ1) is 8.77. The van der Waals surface area contributed by atoms with Gasteiger partial charge in [-0.3, -0.25) is 0 Å². The maximum Gasteiger partial charge on any atom is 0.0299 e. The molecule has 0 bridgehead atoms. The van der Waals surface area contributed by atoms with Crippen LogP contribution in [-0.2, 0) is 0 Å². The third-order valence-electron chi connectivity index (χ3n) is 3.87. The number of aryl methyl sites for hydroxylation is 1. The molecule has 0 aromatic heterocycles. The third kappa shape index (κ3) is 3.71.